The number of thiophene rings is 1. The predicted octanol–water partition coefficient (Wildman–Crippen LogP) is 5.31. The molecular formula is C26H23N5O3S. The Labute approximate surface area is 205 Å². The number of anilines is 2. The van der Waals surface area contributed by atoms with Gasteiger partial charge in [0, 0.05) is 16.1 Å². The van der Waals surface area contributed by atoms with Crippen LogP contribution in [0.3, 0.4) is 0 Å². The van der Waals surface area contributed by atoms with Gasteiger partial charge in [0.1, 0.15) is 17.6 Å². The van der Waals surface area contributed by atoms with Gasteiger partial charge in [-0.3, -0.25) is 4.79 Å². The van der Waals surface area contributed by atoms with Crippen LogP contribution in [0.4, 0.5) is 11.5 Å². The van der Waals surface area contributed by atoms with E-state index in [4.69, 9.17) is 15.2 Å². The average molecular weight is 486 g/mol. The summed E-state index contributed by atoms with van der Waals surface area (Å²) in [5, 5.41) is 8.27. The molecule has 0 aliphatic rings. The Morgan fingerprint density at radius 1 is 1.14 bits per heavy atom. The summed E-state index contributed by atoms with van der Waals surface area (Å²) in [7, 11) is 3.28. The number of hydrogen-bond acceptors (Lipinski definition) is 7. The van der Waals surface area contributed by atoms with Gasteiger partial charge in [0.05, 0.1) is 24.5 Å². The smallest absolute Gasteiger partial charge is 0.247 e. The zero-order valence-corrected chi connectivity index (χ0v) is 20.3. The minimum Gasteiger partial charge on any atom is -0.495 e. The van der Waals surface area contributed by atoms with Gasteiger partial charge in [0.2, 0.25) is 11.8 Å². The lowest BCUT2D eigenvalue weighted by Crippen LogP contribution is -2.06. The maximum atomic E-state index is 11.7. The molecule has 0 fully saturated rings. The topological polar surface area (TPSA) is 104 Å². The number of amides is 1. The van der Waals surface area contributed by atoms with Crippen LogP contribution in [0.5, 0.6) is 11.6 Å². The highest BCUT2D eigenvalue weighted by molar-refractivity contribution is 7.22. The number of hydrogen-bond donors (Lipinski definition) is 2. The Morgan fingerprint density at radius 3 is 2.60 bits per heavy atom. The number of nitrogen functional groups attached to an aromatic ring is 1. The van der Waals surface area contributed by atoms with Crippen molar-refractivity contribution in [2.45, 2.75) is 6.92 Å². The van der Waals surface area contributed by atoms with Gasteiger partial charge in [-0.25, -0.2) is 4.98 Å². The number of rotatable bonds is 6. The number of nitrogens with one attached hydrogen (secondary N) is 1. The van der Waals surface area contributed by atoms with Crippen LogP contribution in [0, 0.1) is 6.92 Å². The predicted molar refractivity (Wildman–Crippen MR) is 140 cm³/mol. The van der Waals surface area contributed by atoms with E-state index >= 15 is 0 Å². The first-order chi connectivity index (χ1) is 16.9. The molecule has 176 valence electrons. The molecule has 0 unspecified atom stereocenters. The van der Waals surface area contributed by atoms with Crippen molar-refractivity contribution in [3.8, 4) is 33.2 Å². The third-order valence-electron chi connectivity index (χ3n) is 5.72. The van der Waals surface area contributed by atoms with Crippen LogP contribution in [-0.2, 0) is 4.79 Å². The van der Waals surface area contributed by atoms with E-state index in [1.54, 1.807) is 30.1 Å². The maximum absolute atomic E-state index is 11.7. The van der Waals surface area contributed by atoms with Gasteiger partial charge in [-0.1, -0.05) is 24.8 Å². The number of aromatic nitrogens is 3. The molecule has 0 spiro atoms. The fourth-order valence-corrected chi connectivity index (χ4v) is 5.42. The van der Waals surface area contributed by atoms with Crippen molar-refractivity contribution in [2.75, 3.05) is 25.3 Å². The Balaban J connectivity index is 1.80. The molecule has 5 rings (SSSR count). The number of benzene rings is 2. The zero-order valence-electron chi connectivity index (χ0n) is 19.5. The summed E-state index contributed by atoms with van der Waals surface area (Å²) in [6, 6.07) is 13.8. The Bertz CT molecular complexity index is 1600. The first kappa shape index (κ1) is 22.4. The van der Waals surface area contributed by atoms with E-state index in [1.165, 1.54) is 12.4 Å². The number of carbonyl (C=O) groups excluding carboxylic acids is 1. The molecule has 2 aromatic carbocycles. The molecule has 9 heteroatoms. The molecule has 0 atom stereocenters. The monoisotopic (exact) mass is 485 g/mol. The quantitative estimate of drug-likeness (QED) is 0.316. The van der Waals surface area contributed by atoms with E-state index in [-0.39, 0.29) is 5.91 Å². The summed E-state index contributed by atoms with van der Waals surface area (Å²) in [6.45, 7) is 5.54. The third kappa shape index (κ3) is 3.75. The van der Waals surface area contributed by atoms with Gasteiger partial charge in [0.15, 0.2) is 5.82 Å². The molecule has 3 aromatic heterocycles. The fraction of sp³-hybridized carbons (Fsp3) is 0.115. The largest absolute Gasteiger partial charge is 0.495 e. The first-order valence-corrected chi connectivity index (χ1v) is 11.6. The van der Waals surface area contributed by atoms with Crippen molar-refractivity contribution < 1.29 is 14.3 Å². The second-order valence-electron chi connectivity index (χ2n) is 7.93. The van der Waals surface area contributed by atoms with Gasteiger partial charge in [-0.05, 0) is 53.8 Å². The summed E-state index contributed by atoms with van der Waals surface area (Å²) in [5.41, 5.74) is 11.4. The number of ether oxygens (including phenoxy) is 2. The van der Waals surface area contributed by atoms with E-state index in [0.717, 1.165) is 43.0 Å². The van der Waals surface area contributed by atoms with Crippen LogP contribution < -0.4 is 20.5 Å². The number of nitrogens with zero attached hydrogens (tertiary/aromatic N) is 3. The molecule has 0 saturated heterocycles. The standard InChI is InChI=1S/C26H23N5O3S/c1-5-20(32)30-17-8-6-15(7-9-17)21-22(23-25(27)28-13-29-31(23)26(21)34-4)19-12-16-10-14(2)11-18(33-3)24(16)35-19/h5-13H,1H2,2-4H3,(H,30,32)(H2,27,28,29). The molecule has 1 amide bonds. The SMILES string of the molecule is C=CC(=O)Nc1ccc(-c2c(-c3cc4cc(C)cc(OC)c4s3)c3c(N)ncnn3c2OC)cc1. The normalized spacial score (nSPS) is 11.1. The second-order valence-corrected chi connectivity index (χ2v) is 8.98. The zero-order chi connectivity index (χ0) is 24.7. The highest BCUT2D eigenvalue weighted by Gasteiger charge is 2.26. The molecule has 8 nitrogen and oxygen atoms in total. The second kappa shape index (κ2) is 8.77. The molecule has 3 N–H and O–H groups in total. The van der Waals surface area contributed by atoms with Crippen LogP contribution in [0.25, 0.3) is 37.2 Å². The van der Waals surface area contributed by atoms with Crippen molar-refractivity contribution in [1.29, 1.82) is 0 Å². The molecule has 0 aliphatic heterocycles. The molecular weight excluding hydrogens is 462 g/mol. The van der Waals surface area contributed by atoms with Crippen LogP contribution >= 0.6 is 11.3 Å². The van der Waals surface area contributed by atoms with Gasteiger partial charge in [-0.2, -0.15) is 9.61 Å². The van der Waals surface area contributed by atoms with E-state index in [1.807, 2.05) is 37.3 Å². The van der Waals surface area contributed by atoms with Crippen LogP contribution in [0.2, 0.25) is 0 Å². The summed E-state index contributed by atoms with van der Waals surface area (Å²) in [4.78, 5) is 16.9. The molecule has 0 radical (unpaired) electrons. The lowest BCUT2D eigenvalue weighted by atomic mass is 10.0. The Kier molecular flexibility index (Phi) is 5.62. The lowest BCUT2D eigenvalue weighted by molar-refractivity contribution is -0.111. The van der Waals surface area contributed by atoms with Crippen LogP contribution in [0.15, 0.2) is 61.4 Å². The van der Waals surface area contributed by atoms with Gasteiger partial charge in [-0.15, -0.1) is 11.3 Å². The minimum absolute atomic E-state index is 0.275. The van der Waals surface area contributed by atoms with Crippen LogP contribution in [0.1, 0.15) is 5.56 Å². The Hall–Kier alpha value is -4.37. The summed E-state index contributed by atoms with van der Waals surface area (Å²) >= 11 is 1.61. The number of methoxy groups -OCH3 is 2. The van der Waals surface area contributed by atoms with E-state index in [0.29, 0.717) is 22.9 Å². The third-order valence-corrected chi connectivity index (χ3v) is 6.91. The number of aryl methyl sites for hydroxylation is 1. The molecule has 5 aromatic rings. The van der Waals surface area contributed by atoms with Crippen molar-refractivity contribution in [3.05, 3.63) is 67.0 Å². The maximum Gasteiger partial charge on any atom is 0.247 e. The van der Waals surface area contributed by atoms with E-state index in [2.05, 4.69) is 34.1 Å². The minimum atomic E-state index is -0.275. The van der Waals surface area contributed by atoms with Gasteiger partial charge < -0.3 is 20.5 Å². The van der Waals surface area contributed by atoms with E-state index < -0.39 is 0 Å². The molecule has 3 heterocycles. The van der Waals surface area contributed by atoms with Crippen molar-refractivity contribution in [2.24, 2.45) is 0 Å². The summed E-state index contributed by atoms with van der Waals surface area (Å²) in [5.74, 6) is 1.42. The molecule has 0 bridgehead atoms. The highest BCUT2D eigenvalue weighted by atomic mass is 32.1. The van der Waals surface area contributed by atoms with Gasteiger partial charge >= 0.3 is 0 Å². The summed E-state index contributed by atoms with van der Waals surface area (Å²) < 4.78 is 14.2. The first-order valence-electron chi connectivity index (χ1n) is 10.8. The lowest BCUT2D eigenvalue weighted by Gasteiger charge is -2.08. The average Bonchev–Trinajstić information content (AvgIpc) is 3.43. The van der Waals surface area contributed by atoms with Crippen LogP contribution in [-0.4, -0.2) is 34.7 Å². The molecule has 0 saturated carbocycles. The number of carbonyl (C=O) groups is 1. The Morgan fingerprint density at radius 2 is 1.91 bits per heavy atom. The number of nitrogens with two attached hydrogens (primary N) is 1. The van der Waals surface area contributed by atoms with Crippen molar-refractivity contribution in [3.63, 3.8) is 0 Å². The van der Waals surface area contributed by atoms with Crippen molar-refractivity contribution in [1.82, 2.24) is 14.6 Å². The fourth-order valence-electron chi connectivity index (χ4n) is 4.23. The molecule has 0 aliphatic carbocycles. The van der Waals surface area contributed by atoms with Crippen molar-refractivity contribution >= 4 is 44.4 Å². The highest BCUT2D eigenvalue weighted by Crippen LogP contribution is 2.49. The van der Waals surface area contributed by atoms with E-state index in [9.17, 15) is 4.79 Å². The summed E-state index contributed by atoms with van der Waals surface area (Å²) in [6.07, 6.45) is 2.64. The molecule has 35 heavy (non-hydrogen) atoms. The van der Waals surface area contributed by atoms with Gasteiger partial charge in [0.25, 0.3) is 0 Å². The number of fused-ring (bicyclic) bond motifs is 2.